The van der Waals surface area contributed by atoms with E-state index < -0.39 is 0 Å². The Kier molecular flexibility index (Phi) is 5.18. The van der Waals surface area contributed by atoms with E-state index in [9.17, 15) is 9.18 Å². The summed E-state index contributed by atoms with van der Waals surface area (Å²) >= 11 is 5.06. The third kappa shape index (κ3) is 3.83. The van der Waals surface area contributed by atoms with Gasteiger partial charge in [0.1, 0.15) is 18.1 Å². The van der Waals surface area contributed by atoms with Crippen LogP contribution in [0.4, 0.5) is 4.39 Å². The number of ether oxygens (including phenoxy) is 2. The number of halogens is 1. The number of hydrogen-bond acceptors (Lipinski definition) is 4. The fourth-order valence-electron chi connectivity index (χ4n) is 2.42. The van der Waals surface area contributed by atoms with Crippen LogP contribution >= 0.6 is 12.2 Å². The van der Waals surface area contributed by atoms with Crippen LogP contribution in [0.3, 0.4) is 0 Å². The van der Waals surface area contributed by atoms with Gasteiger partial charge in [-0.05, 0) is 53.7 Å². The molecule has 1 fully saturated rings. The molecule has 0 aliphatic carbocycles. The fourth-order valence-corrected chi connectivity index (χ4v) is 2.62. The van der Waals surface area contributed by atoms with Gasteiger partial charge in [0.2, 0.25) is 0 Å². The molecule has 134 valence electrons. The van der Waals surface area contributed by atoms with E-state index >= 15 is 0 Å². The van der Waals surface area contributed by atoms with Gasteiger partial charge >= 0.3 is 0 Å². The molecule has 0 saturated carbocycles. The monoisotopic (exact) mass is 372 g/mol. The number of thiocarbonyl (C=S) groups is 1. The van der Waals surface area contributed by atoms with E-state index in [-0.39, 0.29) is 18.3 Å². The highest BCUT2D eigenvalue weighted by Gasteiger charge is 2.26. The van der Waals surface area contributed by atoms with Crippen molar-refractivity contribution in [3.05, 3.63) is 65.1 Å². The predicted molar refractivity (Wildman–Crippen MR) is 100 cm³/mol. The zero-order valence-corrected chi connectivity index (χ0v) is 15.1. The summed E-state index contributed by atoms with van der Waals surface area (Å²) < 4.78 is 24.1. The average Bonchev–Trinajstić information content (AvgIpc) is 2.88. The van der Waals surface area contributed by atoms with Gasteiger partial charge in [-0.2, -0.15) is 0 Å². The van der Waals surface area contributed by atoms with Gasteiger partial charge in [-0.3, -0.25) is 9.69 Å². The quantitative estimate of drug-likeness (QED) is 0.646. The Morgan fingerprint density at radius 2 is 1.92 bits per heavy atom. The number of methoxy groups -OCH3 is 1. The average molecular weight is 372 g/mol. The summed E-state index contributed by atoms with van der Waals surface area (Å²) in [4.78, 5) is 13.4. The standard InChI is InChI=1S/C19H17FN2O3S/c1-22-18(23)15(21-19(22)26)9-13-5-8-16(17(10-13)24-2)25-11-12-3-6-14(20)7-4-12/h3-10H,11H2,1-2H3,(H,21,26)/b15-9+. The van der Waals surface area contributed by atoms with Gasteiger partial charge in [-0.1, -0.05) is 18.2 Å². The van der Waals surface area contributed by atoms with Crippen molar-refractivity contribution in [1.82, 2.24) is 10.2 Å². The smallest absolute Gasteiger partial charge is 0.276 e. The van der Waals surface area contributed by atoms with Gasteiger partial charge in [0.25, 0.3) is 5.91 Å². The Hall–Kier alpha value is -2.93. The molecule has 2 aromatic rings. The molecule has 0 bridgehead atoms. The van der Waals surface area contributed by atoms with Crippen LogP contribution in [-0.2, 0) is 11.4 Å². The van der Waals surface area contributed by atoms with Gasteiger partial charge in [0.05, 0.1) is 7.11 Å². The van der Waals surface area contributed by atoms with Crippen LogP contribution in [0.1, 0.15) is 11.1 Å². The van der Waals surface area contributed by atoms with E-state index in [1.807, 2.05) is 6.07 Å². The van der Waals surface area contributed by atoms with Crippen molar-refractivity contribution in [2.45, 2.75) is 6.61 Å². The lowest BCUT2D eigenvalue weighted by molar-refractivity contribution is -0.121. The highest BCUT2D eigenvalue weighted by Crippen LogP contribution is 2.30. The first kappa shape index (κ1) is 17.9. The first-order valence-corrected chi connectivity index (χ1v) is 8.25. The minimum atomic E-state index is -0.288. The molecular weight excluding hydrogens is 355 g/mol. The first-order chi connectivity index (χ1) is 12.5. The van der Waals surface area contributed by atoms with Crippen molar-refractivity contribution in [2.24, 2.45) is 0 Å². The molecule has 1 saturated heterocycles. The molecule has 5 nitrogen and oxygen atoms in total. The zero-order chi connectivity index (χ0) is 18.7. The molecule has 0 atom stereocenters. The topological polar surface area (TPSA) is 50.8 Å². The summed E-state index contributed by atoms with van der Waals surface area (Å²) in [6, 6.07) is 11.4. The molecule has 2 aromatic carbocycles. The highest BCUT2D eigenvalue weighted by molar-refractivity contribution is 7.80. The maximum Gasteiger partial charge on any atom is 0.276 e. The lowest BCUT2D eigenvalue weighted by Gasteiger charge is -2.11. The van der Waals surface area contributed by atoms with E-state index in [0.717, 1.165) is 11.1 Å². The molecule has 0 spiro atoms. The van der Waals surface area contributed by atoms with Crippen LogP contribution in [0, 0.1) is 5.82 Å². The molecule has 1 N–H and O–H groups in total. The van der Waals surface area contributed by atoms with Crippen molar-refractivity contribution >= 4 is 29.3 Å². The summed E-state index contributed by atoms with van der Waals surface area (Å²) in [6.45, 7) is 0.288. The largest absolute Gasteiger partial charge is 0.493 e. The molecule has 7 heteroatoms. The van der Waals surface area contributed by atoms with Crippen LogP contribution in [0.2, 0.25) is 0 Å². The lowest BCUT2D eigenvalue weighted by Crippen LogP contribution is -2.25. The molecule has 1 aliphatic rings. The molecule has 0 aromatic heterocycles. The number of benzene rings is 2. The Bertz CT molecular complexity index is 881. The Balaban J connectivity index is 1.76. The van der Waals surface area contributed by atoms with Crippen molar-refractivity contribution in [2.75, 3.05) is 14.2 Å². The number of amides is 1. The van der Waals surface area contributed by atoms with Gasteiger partial charge in [-0.15, -0.1) is 0 Å². The highest BCUT2D eigenvalue weighted by atomic mass is 32.1. The van der Waals surface area contributed by atoms with Crippen molar-refractivity contribution in [1.29, 1.82) is 0 Å². The van der Waals surface area contributed by atoms with Crippen LogP contribution in [0.25, 0.3) is 6.08 Å². The Morgan fingerprint density at radius 1 is 1.19 bits per heavy atom. The summed E-state index contributed by atoms with van der Waals surface area (Å²) in [5, 5.41) is 3.24. The van der Waals surface area contributed by atoms with Gasteiger partial charge in [0, 0.05) is 7.05 Å². The molecule has 3 rings (SSSR count). The molecule has 1 aliphatic heterocycles. The minimum Gasteiger partial charge on any atom is -0.493 e. The van der Waals surface area contributed by atoms with Crippen molar-refractivity contribution in [3.8, 4) is 11.5 Å². The normalized spacial score (nSPS) is 15.3. The summed E-state index contributed by atoms with van der Waals surface area (Å²) in [7, 11) is 3.16. The first-order valence-electron chi connectivity index (χ1n) is 7.84. The minimum absolute atomic E-state index is 0.189. The van der Waals surface area contributed by atoms with Crippen LogP contribution in [0.5, 0.6) is 11.5 Å². The van der Waals surface area contributed by atoms with Gasteiger partial charge < -0.3 is 14.8 Å². The van der Waals surface area contributed by atoms with Crippen molar-refractivity contribution in [3.63, 3.8) is 0 Å². The Morgan fingerprint density at radius 3 is 2.54 bits per heavy atom. The second-order valence-electron chi connectivity index (χ2n) is 5.68. The van der Waals surface area contributed by atoms with E-state index in [4.69, 9.17) is 21.7 Å². The molecule has 0 unspecified atom stereocenters. The molecule has 26 heavy (non-hydrogen) atoms. The van der Waals surface area contributed by atoms with E-state index in [2.05, 4.69) is 5.32 Å². The number of likely N-dealkylation sites (N-methyl/N-ethyl adjacent to an activating group) is 1. The number of nitrogens with one attached hydrogen (secondary N) is 1. The second kappa shape index (κ2) is 7.53. The predicted octanol–water partition coefficient (Wildman–Crippen LogP) is 3.10. The lowest BCUT2D eigenvalue weighted by atomic mass is 10.1. The summed E-state index contributed by atoms with van der Waals surface area (Å²) in [5.74, 6) is 0.606. The maximum absolute atomic E-state index is 12.9. The van der Waals surface area contributed by atoms with Crippen LogP contribution < -0.4 is 14.8 Å². The maximum atomic E-state index is 12.9. The second-order valence-corrected chi connectivity index (χ2v) is 6.06. The third-order valence-corrected chi connectivity index (χ3v) is 4.26. The van der Waals surface area contributed by atoms with E-state index in [1.54, 1.807) is 44.5 Å². The zero-order valence-electron chi connectivity index (χ0n) is 14.3. The number of carbonyl (C=O) groups excluding carboxylic acids is 1. The molecule has 1 amide bonds. The molecule has 1 heterocycles. The SMILES string of the molecule is COc1cc(/C=C2/NC(=S)N(C)C2=O)ccc1OCc1ccc(F)cc1. The fraction of sp³-hybridized carbons (Fsp3) is 0.158. The molecular formula is C19H17FN2O3S. The Labute approximate surface area is 156 Å². The van der Waals surface area contributed by atoms with Crippen molar-refractivity contribution < 1.29 is 18.7 Å². The van der Waals surface area contributed by atoms with Crippen LogP contribution in [0.15, 0.2) is 48.2 Å². The number of carbonyl (C=O) groups is 1. The van der Waals surface area contributed by atoms with E-state index in [0.29, 0.717) is 22.3 Å². The summed E-state index contributed by atoms with van der Waals surface area (Å²) in [6.07, 6.45) is 1.70. The van der Waals surface area contributed by atoms with E-state index in [1.165, 1.54) is 17.0 Å². The number of rotatable bonds is 5. The third-order valence-electron chi connectivity index (χ3n) is 3.89. The number of hydrogen-bond donors (Lipinski definition) is 1. The number of nitrogens with zero attached hydrogens (tertiary/aromatic N) is 1. The van der Waals surface area contributed by atoms with Gasteiger partial charge in [-0.25, -0.2) is 4.39 Å². The van der Waals surface area contributed by atoms with Crippen LogP contribution in [-0.4, -0.2) is 30.1 Å². The summed E-state index contributed by atoms with van der Waals surface area (Å²) in [5.41, 5.74) is 2.02. The van der Waals surface area contributed by atoms with Gasteiger partial charge in [0.15, 0.2) is 16.6 Å². The molecule has 0 radical (unpaired) electrons.